The molecule has 0 fully saturated rings. The second-order valence-electron chi connectivity index (χ2n) is 3.99. The van der Waals surface area contributed by atoms with Crippen LogP contribution in [-0.4, -0.2) is 24.5 Å². The Morgan fingerprint density at radius 2 is 2.00 bits per heavy atom. The third kappa shape index (κ3) is 4.27. The van der Waals surface area contributed by atoms with Crippen molar-refractivity contribution in [1.82, 2.24) is 4.57 Å². The molecule has 4 nitrogen and oxygen atoms in total. The number of rotatable bonds is 5. The van der Waals surface area contributed by atoms with Crippen LogP contribution in [0, 0.1) is 6.92 Å². The van der Waals surface area contributed by atoms with Crippen LogP contribution in [0.5, 0.6) is 0 Å². The Morgan fingerprint density at radius 3 is 2.59 bits per heavy atom. The molecule has 0 spiro atoms. The van der Waals surface area contributed by atoms with Gasteiger partial charge in [-0.25, -0.2) is 8.42 Å². The Balaban J connectivity index is 2.87. The zero-order valence-corrected chi connectivity index (χ0v) is 12.3. The van der Waals surface area contributed by atoms with Gasteiger partial charge in [0.15, 0.2) is 9.84 Å². The van der Waals surface area contributed by atoms with Gasteiger partial charge in [0.25, 0.3) is 5.56 Å². The molecule has 17 heavy (non-hydrogen) atoms. The molecule has 0 aliphatic carbocycles. The van der Waals surface area contributed by atoms with E-state index in [4.69, 9.17) is 0 Å². The van der Waals surface area contributed by atoms with E-state index in [1.807, 2.05) is 6.92 Å². The summed E-state index contributed by atoms with van der Waals surface area (Å²) < 4.78 is 25.3. The standard InChI is InChI=1S/C11H16BrNO3S/c1-3-5-17(15,16)6-4-13-8-10(12)7-9(2)11(13)14/h7-8H,3-6H2,1-2H3. The zero-order chi connectivity index (χ0) is 13.1. The van der Waals surface area contributed by atoms with Crippen LogP contribution in [0.25, 0.3) is 0 Å². The van der Waals surface area contributed by atoms with E-state index in [-0.39, 0.29) is 23.6 Å². The maximum Gasteiger partial charge on any atom is 0.253 e. The molecular formula is C11H16BrNO3S. The van der Waals surface area contributed by atoms with Crippen LogP contribution in [0.2, 0.25) is 0 Å². The summed E-state index contributed by atoms with van der Waals surface area (Å²) in [5.74, 6) is 0.186. The summed E-state index contributed by atoms with van der Waals surface area (Å²) in [5, 5.41) is 0. The minimum atomic E-state index is -3.05. The predicted molar refractivity (Wildman–Crippen MR) is 72.1 cm³/mol. The van der Waals surface area contributed by atoms with Crippen LogP contribution in [0.1, 0.15) is 18.9 Å². The van der Waals surface area contributed by atoms with Gasteiger partial charge in [0.1, 0.15) is 0 Å². The number of nitrogens with zero attached hydrogens (tertiary/aromatic N) is 1. The first-order valence-corrected chi connectivity index (χ1v) is 8.04. The highest BCUT2D eigenvalue weighted by Crippen LogP contribution is 2.08. The molecular weight excluding hydrogens is 306 g/mol. The Hall–Kier alpha value is -0.620. The lowest BCUT2D eigenvalue weighted by Gasteiger charge is -2.08. The molecule has 1 aromatic rings. The van der Waals surface area contributed by atoms with Crippen LogP contribution in [0.15, 0.2) is 21.5 Å². The van der Waals surface area contributed by atoms with E-state index in [0.29, 0.717) is 12.0 Å². The minimum Gasteiger partial charge on any atom is -0.313 e. The average molecular weight is 322 g/mol. The minimum absolute atomic E-state index is 0.0106. The van der Waals surface area contributed by atoms with Gasteiger partial charge in [-0.2, -0.15) is 0 Å². The van der Waals surface area contributed by atoms with Crippen molar-refractivity contribution in [2.24, 2.45) is 0 Å². The van der Waals surface area contributed by atoms with Crippen molar-refractivity contribution in [2.45, 2.75) is 26.8 Å². The molecule has 1 heterocycles. The molecule has 0 saturated carbocycles. The first-order valence-electron chi connectivity index (χ1n) is 5.42. The second kappa shape index (κ2) is 5.82. The third-order valence-corrected chi connectivity index (χ3v) is 4.66. The van der Waals surface area contributed by atoms with Crippen LogP contribution >= 0.6 is 15.9 Å². The maximum atomic E-state index is 11.7. The second-order valence-corrected chi connectivity index (χ2v) is 7.21. The van der Waals surface area contributed by atoms with Gasteiger partial charge in [-0.15, -0.1) is 0 Å². The number of aryl methyl sites for hydroxylation is 2. The number of pyridine rings is 1. The zero-order valence-electron chi connectivity index (χ0n) is 9.94. The summed E-state index contributed by atoms with van der Waals surface area (Å²) in [7, 11) is -3.05. The summed E-state index contributed by atoms with van der Waals surface area (Å²) in [6, 6.07) is 1.72. The highest BCUT2D eigenvalue weighted by Gasteiger charge is 2.10. The molecule has 96 valence electrons. The van der Waals surface area contributed by atoms with Gasteiger partial charge in [0, 0.05) is 28.5 Å². The Kier molecular flexibility index (Phi) is 4.94. The normalized spacial score (nSPS) is 11.7. The highest BCUT2D eigenvalue weighted by atomic mass is 79.9. The van der Waals surface area contributed by atoms with Crippen LogP contribution in [-0.2, 0) is 16.4 Å². The molecule has 0 bridgehead atoms. The van der Waals surface area contributed by atoms with Gasteiger partial charge in [-0.3, -0.25) is 4.79 Å². The van der Waals surface area contributed by atoms with E-state index in [1.54, 1.807) is 19.2 Å². The molecule has 0 aliphatic rings. The van der Waals surface area contributed by atoms with Crippen LogP contribution in [0.4, 0.5) is 0 Å². The molecule has 1 aromatic heterocycles. The quantitative estimate of drug-likeness (QED) is 0.830. The van der Waals surface area contributed by atoms with E-state index >= 15 is 0 Å². The number of hydrogen-bond acceptors (Lipinski definition) is 3. The molecule has 0 aliphatic heterocycles. The lowest BCUT2D eigenvalue weighted by atomic mass is 10.3. The summed E-state index contributed by atoms with van der Waals surface area (Å²) in [6.45, 7) is 3.75. The van der Waals surface area contributed by atoms with Crippen LogP contribution in [0.3, 0.4) is 0 Å². The Labute approximate surface area is 110 Å². The van der Waals surface area contributed by atoms with Gasteiger partial charge in [0.05, 0.1) is 5.75 Å². The molecule has 0 unspecified atom stereocenters. The molecule has 0 saturated heterocycles. The van der Waals surface area contributed by atoms with E-state index in [1.165, 1.54) is 4.57 Å². The lowest BCUT2D eigenvalue weighted by Crippen LogP contribution is -2.26. The SMILES string of the molecule is CCCS(=O)(=O)CCn1cc(Br)cc(C)c1=O. The molecule has 0 amide bonds. The van der Waals surface area contributed by atoms with E-state index < -0.39 is 9.84 Å². The van der Waals surface area contributed by atoms with Crippen molar-refractivity contribution >= 4 is 25.8 Å². The third-order valence-electron chi connectivity index (χ3n) is 2.39. The molecule has 6 heteroatoms. The van der Waals surface area contributed by atoms with Gasteiger partial charge >= 0.3 is 0 Å². The van der Waals surface area contributed by atoms with Crippen molar-refractivity contribution in [3.8, 4) is 0 Å². The molecule has 0 radical (unpaired) electrons. The molecule has 0 atom stereocenters. The predicted octanol–water partition coefficient (Wildman–Crippen LogP) is 1.74. The van der Waals surface area contributed by atoms with Gasteiger partial charge in [0.2, 0.25) is 0 Å². The largest absolute Gasteiger partial charge is 0.313 e. The number of halogens is 1. The Morgan fingerprint density at radius 1 is 1.35 bits per heavy atom. The fraction of sp³-hybridized carbons (Fsp3) is 0.545. The first-order chi connectivity index (χ1) is 7.85. The van der Waals surface area contributed by atoms with Crippen molar-refractivity contribution in [2.75, 3.05) is 11.5 Å². The summed E-state index contributed by atoms with van der Waals surface area (Å²) >= 11 is 3.29. The topological polar surface area (TPSA) is 56.1 Å². The van der Waals surface area contributed by atoms with Crippen molar-refractivity contribution < 1.29 is 8.42 Å². The highest BCUT2D eigenvalue weighted by molar-refractivity contribution is 9.10. The number of aromatic nitrogens is 1. The summed E-state index contributed by atoms with van der Waals surface area (Å²) in [4.78, 5) is 11.7. The maximum absolute atomic E-state index is 11.7. The Bertz CT molecular complexity index is 548. The van der Waals surface area contributed by atoms with Crippen LogP contribution < -0.4 is 5.56 Å². The fourth-order valence-electron chi connectivity index (χ4n) is 1.56. The van der Waals surface area contributed by atoms with Gasteiger partial charge < -0.3 is 4.57 Å². The summed E-state index contributed by atoms with van der Waals surface area (Å²) in [5.41, 5.74) is 0.465. The van der Waals surface area contributed by atoms with Gasteiger partial charge in [-0.1, -0.05) is 6.92 Å². The lowest BCUT2D eigenvalue weighted by molar-refractivity contribution is 0.585. The van der Waals surface area contributed by atoms with E-state index in [2.05, 4.69) is 15.9 Å². The van der Waals surface area contributed by atoms with Crippen molar-refractivity contribution in [1.29, 1.82) is 0 Å². The van der Waals surface area contributed by atoms with Crippen molar-refractivity contribution in [3.63, 3.8) is 0 Å². The fourth-order valence-corrected chi connectivity index (χ4v) is 3.45. The number of sulfone groups is 1. The number of hydrogen-bond donors (Lipinski definition) is 0. The average Bonchev–Trinajstić information content (AvgIpc) is 2.21. The first kappa shape index (κ1) is 14.4. The molecule has 1 rings (SSSR count). The molecule has 0 aromatic carbocycles. The summed E-state index contributed by atoms with van der Waals surface area (Å²) in [6.07, 6.45) is 2.23. The van der Waals surface area contributed by atoms with Gasteiger partial charge in [-0.05, 0) is 35.3 Å². The van der Waals surface area contributed by atoms with E-state index in [9.17, 15) is 13.2 Å². The smallest absolute Gasteiger partial charge is 0.253 e. The van der Waals surface area contributed by atoms with E-state index in [0.717, 1.165) is 4.47 Å². The monoisotopic (exact) mass is 321 g/mol. The van der Waals surface area contributed by atoms with Crippen molar-refractivity contribution in [3.05, 3.63) is 32.7 Å². The molecule has 0 N–H and O–H groups in total.